The van der Waals surface area contributed by atoms with E-state index in [1.807, 2.05) is 55.4 Å². The summed E-state index contributed by atoms with van der Waals surface area (Å²) in [5, 5.41) is 0. The van der Waals surface area contributed by atoms with Gasteiger partial charge in [-0.15, -0.1) is 0 Å². The molecule has 8 nitrogen and oxygen atoms in total. The van der Waals surface area contributed by atoms with Crippen LogP contribution >= 0.6 is 0 Å². The first kappa shape index (κ1) is 26.5. The minimum absolute atomic E-state index is 0.0752. The van der Waals surface area contributed by atoms with E-state index in [2.05, 4.69) is 0 Å². The van der Waals surface area contributed by atoms with Crippen LogP contribution in [0.2, 0.25) is 0 Å². The van der Waals surface area contributed by atoms with Crippen molar-refractivity contribution in [1.29, 1.82) is 0 Å². The van der Waals surface area contributed by atoms with Gasteiger partial charge in [0.25, 0.3) is 0 Å². The summed E-state index contributed by atoms with van der Waals surface area (Å²) < 4.78 is 10.7. The molecule has 2 aliphatic heterocycles. The number of carbonyl (C=O) groups excluding carboxylic acids is 2. The quantitative estimate of drug-likeness (QED) is 0.611. The first-order valence-electron chi connectivity index (χ1n) is 11.1. The SMILES string of the molecule is C[C@@H]1[C@H](N)CCCN1C(=O)OC(C)(C)C.C[C@H]1[C@@H](N)CCCN1C(=O)OC(C)(C)C. The molecular weight excluding hydrogens is 384 g/mol. The van der Waals surface area contributed by atoms with E-state index in [-0.39, 0.29) is 36.4 Å². The molecule has 4 atom stereocenters. The van der Waals surface area contributed by atoms with Crippen molar-refractivity contribution >= 4 is 12.2 Å². The summed E-state index contributed by atoms with van der Waals surface area (Å²) in [5.74, 6) is 0. The zero-order valence-corrected chi connectivity index (χ0v) is 20.2. The predicted molar refractivity (Wildman–Crippen MR) is 119 cm³/mol. The largest absolute Gasteiger partial charge is 0.444 e. The van der Waals surface area contributed by atoms with E-state index in [1.54, 1.807) is 9.80 Å². The van der Waals surface area contributed by atoms with Crippen LogP contribution < -0.4 is 11.5 Å². The molecule has 0 radical (unpaired) electrons. The Kier molecular flexibility index (Phi) is 9.42. The van der Waals surface area contributed by atoms with Crippen LogP contribution in [0.5, 0.6) is 0 Å². The first-order chi connectivity index (χ1) is 13.6. The summed E-state index contributed by atoms with van der Waals surface area (Å²) >= 11 is 0. The molecular formula is C22H44N4O4. The fourth-order valence-corrected chi connectivity index (χ4v) is 3.50. The Balaban J connectivity index is 0.000000300. The van der Waals surface area contributed by atoms with Crippen LogP contribution in [0.1, 0.15) is 81.1 Å². The zero-order valence-electron chi connectivity index (χ0n) is 20.2. The summed E-state index contributed by atoms with van der Waals surface area (Å²) in [6.45, 7) is 16.7. The molecule has 2 heterocycles. The molecule has 2 rings (SSSR count). The lowest BCUT2D eigenvalue weighted by Gasteiger charge is -2.38. The van der Waals surface area contributed by atoms with Crippen LogP contribution in [0, 0.1) is 0 Å². The average Bonchev–Trinajstić information content (AvgIpc) is 2.57. The van der Waals surface area contributed by atoms with Crippen LogP contribution in [-0.4, -0.2) is 70.4 Å². The van der Waals surface area contributed by atoms with E-state index in [9.17, 15) is 9.59 Å². The fraction of sp³-hybridized carbons (Fsp3) is 0.909. The topological polar surface area (TPSA) is 111 Å². The number of ether oxygens (including phenoxy) is 2. The van der Waals surface area contributed by atoms with Gasteiger partial charge in [-0.25, -0.2) is 9.59 Å². The molecule has 8 heteroatoms. The lowest BCUT2D eigenvalue weighted by molar-refractivity contribution is 0.00835. The maximum absolute atomic E-state index is 11.8. The minimum atomic E-state index is -0.432. The predicted octanol–water partition coefficient (Wildman–Crippen LogP) is 3.47. The van der Waals surface area contributed by atoms with Crippen molar-refractivity contribution in [3.05, 3.63) is 0 Å². The lowest BCUT2D eigenvalue weighted by Crippen LogP contribution is -2.53. The summed E-state index contributed by atoms with van der Waals surface area (Å²) in [7, 11) is 0. The number of nitrogens with zero attached hydrogens (tertiary/aromatic N) is 2. The summed E-state index contributed by atoms with van der Waals surface area (Å²) in [6, 6.07) is 0.305. The van der Waals surface area contributed by atoms with E-state index in [0.29, 0.717) is 0 Å². The number of amides is 2. The van der Waals surface area contributed by atoms with Gasteiger partial charge in [0, 0.05) is 37.3 Å². The maximum Gasteiger partial charge on any atom is 0.410 e. The van der Waals surface area contributed by atoms with Crippen LogP contribution in [0.3, 0.4) is 0 Å². The Morgan fingerprint density at radius 2 is 1.03 bits per heavy atom. The van der Waals surface area contributed by atoms with E-state index in [0.717, 1.165) is 38.8 Å². The normalized spacial score (nSPS) is 27.7. The molecule has 0 spiro atoms. The summed E-state index contributed by atoms with van der Waals surface area (Å²) in [4.78, 5) is 27.1. The second kappa shape index (κ2) is 10.7. The fourth-order valence-electron chi connectivity index (χ4n) is 3.50. The van der Waals surface area contributed by atoms with Crippen molar-refractivity contribution < 1.29 is 19.1 Å². The van der Waals surface area contributed by atoms with E-state index < -0.39 is 11.2 Å². The third-order valence-electron chi connectivity index (χ3n) is 5.35. The highest BCUT2D eigenvalue weighted by Crippen LogP contribution is 2.20. The number of piperidine rings is 2. The molecule has 2 saturated heterocycles. The molecule has 30 heavy (non-hydrogen) atoms. The van der Waals surface area contributed by atoms with Crippen LogP contribution in [0.4, 0.5) is 9.59 Å². The van der Waals surface area contributed by atoms with Gasteiger partial charge < -0.3 is 30.7 Å². The van der Waals surface area contributed by atoms with Crippen LogP contribution in [0.25, 0.3) is 0 Å². The molecule has 0 bridgehead atoms. The standard InChI is InChI=1S/2C11H22N2O2/c2*1-8-9(12)6-5-7-13(8)10(14)15-11(2,3)4/h2*8-9H,5-7,12H2,1-4H3/t2*8-,9-/m10/s1. The van der Waals surface area contributed by atoms with Crippen molar-refractivity contribution in [2.45, 2.75) is 116 Å². The molecule has 0 aromatic carbocycles. The molecule has 2 amide bonds. The van der Waals surface area contributed by atoms with E-state index in [1.165, 1.54) is 0 Å². The number of likely N-dealkylation sites (tertiary alicyclic amines) is 2. The second-order valence-electron chi connectivity index (χ2n) is 10.4. The van der Waals surface area contributed by atoms with Gasteiger partial charge in [-0.3, -0.25) is 0 Å². The first-order valence-corrected chi connectivity index (χ1v) is 11.1. The average molecular weight is 429 g/mol. The number of hydrogen-bond donors (Lipinski definition) is 2. The molecule has 0 aromatic rings. The maximum atomic E-state index is 11.8. The summed E-state index contributed by atoms with van der Waals surface area (Å²) in [5.41, 5.74) is 11.0. The van der Waals surface area contributed by atoms with Gasteiger partial charge in [0.1, 0.15) is 11.2 Å². The number of carbonyl (C=O) groups is 2. The van der Waals surface area contributed by atoms with Gasteiger partial charge in [-0.05, 0) is 81.1 Å². The highest BCUT2D eigenvalue weighted by Gasteiger charge is 2.32. The van der Waals surface area contributed by atoms with E-state index >= 15 is 0 Å². The van der Waals surface area contributed by atoms with Crippen molar-refractivity contribution in [2.75, 3.05) is 13.1 Å². The third-order valence-corrected chi connectivity index (χ3v) is 5.35. The minimum Gasteiger partial charge on any atom is -0.444 e. The zero-order chi connectivity index (χ0) is 23.3. The molecule has 176 valence electrons. The Hall–Kier alpha value is -1.54. The molecule has 0 saturated carbocycles. The van der Waals surface area contributed by atoms with Crippen molar-refractivity contribution in [3.8, 4) is 0 Å². The molecule has 0 unspecified atom stereocenters. The van der Waals surface area contributed by atoms with Gasteiger partial charge in [-0.1, -0.05) is 0 Å². The smallest absolute Gasteiger partial charge is 0.410 e. The van der Waals surface area contributed by atoms with Crippen LogP contribution in [0.15, 0.2) is 0 Å². The Morgan fingerprint density at radius 3 is 1.30 bits per heavy atom. The van der Waals surface area contributed by atoms with Gasteiger partial charge in [-0.2, -0.15) is 0 Å². The molecule has 0 aliphatic carbocycles. The Labute approximate surface area is 182 Å². The van der Waals surface area contributed by atoms with E-state index in [4.69, 9.17) is 20.9 Å². The Morgan fingerprint density at radius 1 is 0.733 bits per heavy atom. The van der Waals surface area contributed by atoms with Crippen molar-refractivity contribution in [2.24, 2.45) is 11.5 Å². The van der Waals surface area contributed by atoms with Gasteiger partial charge >= 0.3 is 12.2 Å². The highest BCUT2D eigenvalue weighted by molar-refractivity contribution is 5.69. The van der Waals surface area contributed by atoms with Gasteiger partial charge in [0.05, 0.1) is 0 Å². The Bertz CT molecular complexity index is 520. The monoisotopic (exact) mass is 428 g/mol. The molecule has 4 N–H and O–H groups in total. The van der Waals surface area contributed by atoms with Gasteiger partial charge in [0.2, 0.25) is 0 Å². The van der Waals surface area contributed by atoms with Gasteiger partial charge in [0.15, 0.2) is 0 Å². The third kappa shape index (κ3) is 8.68. The molecule has 2 fully saturated rings. The van der Waals surface area contributed by atoms with Crippen LogP contribution in [-0.2, 0) is 9.47 Å². The number of hydrogen-bond acceptors (Lipinski definition) is 6. The highest BCUT2D eigenvalue weighted by atomic mass is 16.6. The number of rotatable bonds is 0. The second-order valence-corrected chi connectivity index (χ2v) is 10.4. The molecule has 2 aliphatic rings. The van der Waals surface area contributed by atoms with Crippen molar-refractivity contribution in [1.82, 2.24) is 9.80 Å². The molecule has 0 aromatic heterocycles. The summed E-state index contributed by atoms with van der Waals surface area (Å²) in [6.07, 6.45) is 3.41. The van der Waals surface area contributed by atoms with Crippen molar-refractivity contribution in [3.63, 3.8) is 0 Å². The lowest BCUT2D eigenvalue weighted by atomic mass is 9.99. The number of nitrogens with two attached hydrogens (primary N) is 2.